The minimum absolute atomic E-state index is 0.0517. The highest BCUT2D eigenvalue weighted by Crippen LogP contribution is 2.41. The third kappa shape index (κ3) is 4.44. The van der Waals surface area contributed by atoms with Crippen LogP contribution in [-0.4, -0.2) is 36.8 Å². The molecule has 1 amide bonds. The second-order valence-electron chi connectivity index (χ2n) is 9.67. The maximum atomic E-state index is 14.1. The second kappa shape index (κ2) is 9.23. The molecule has 2 aromatic carbocycles. The van der Waals surface area contributed by atoms with Gasteiger partial charge in [0.2, 0.25) is 0 Å². The van der Waals surface area contributed by atoms with Crippen LogP contribution in [0.3, 0.4) is 0 Å². The molecule has 7 nitrogen and oxygen atoms in total. The standard InChI is InChI=1S/C28H22ClF3N6O/c1-16-7-20-22(24(29)8-16)11-34-12-25(20)38-5-3-18-19(23-14-36(2)35-26(23)28(30,31)32)9-17(10-21(18)27(38)39)13-37-6-4-33-15-37/h4,6-12,14-15H,3,5,13H2,1-2H3. The topological polar surface area (TPSA) is 68.8 Å². The quantitative estimate of drug-likeness (QED) is 0.273. The number of nitrogens with zero attached hydrogens (tertiary/aromatic N) is 6. The van der Waals surface area contributed by atoms with E-state index >= 15 is 0 Å². The summed E-state index contributed by atoms with van der Waals surface area (Å²) in [4.78, 5) is 24.1. The summed E-state index contributed by atoms with van der Waals surface area (Å²) in [6.45, 7) is 2.52. The van der Waals surface area contributed by atoms with Crippen LogP contribution < -0.4 is 4.90 Å². The first-order valence-electron chi connectivity index (χ1n) is 12.2. The molecule has 4 heterocycles. The summed E-state index contributed by atoms with van der Waals surface area (Å²) in [7, 11) is 1.45. The van der Waals surface area contributed by atoms with Crippen LogP contribution in [0, 0.1) is 6.92 Å². The number of aromatic nitrogens is 5. The molecule has 39 heavy (non-hydrogen) atoms. The Hall–Kier alpha value is -4.18. The van der Waals surface area contributed by atoms with E-state index in [0.29, 0.717) is 45.9 Å². The number of hydrogen-bond acceptors (Lipinski definition) is 4. The molecule has 11 heteroatoms. The molecule has 0 saturated carbocycles. The minimum atomic E-state index is -4.65. The Bertz CT molecular complexity index is 1740. The SMILES string of the molecule is Cc1cc(Cl)c2cncc(N3CCc4c(cc(Cn5ccnc5)cc4-c4cn(C)nc4C(F)(F)F)C3=O)c2c1. The molecule has 3 aromatic heterocycles. The van der Waals surface area contributed by atoms with Gasteiger partial charge in [0.15, 0.2) is 5.69 Å². The van der Waals surface area contributed by atoms with Gasteiger partial charge in [-0.25, -0.2) is 4.98 Å². The number of benzene rings is 2. The van der Waals surface area contributed by atoms with Crippen LogP contribution >= 0.6 is 11.6 Å². The Morgan fingerprint density at radius 3 is 2.56 bits per heavy atom. The van der Waals surface area contributed by atoms with Gasteiger partial charge in [-0.2, -0.15) is 18.3 Å². The second-order valence-corrected chi connectivity index (χ2v) is 10.1. The molecule has 6 rings (SSSR count). The summed E-state index contributed by atoms with van der Waals surface area (Å²) >= 11 is 6.47. The Morgan fingerprint density at radius 1 is 1.03 bits per heavy atom. The number of hydrogen-bond donors (Lipinski definition) is 0. The average Bonchev–Trinajstić information content (AvgIpc) is 3.53. The first-order valence-corrected chi connectivity index (χ1v) is 12.6. The molecule has 0 bridgehead atoms. The Labute approximate surface area is 226 Å². The molecule has 5 aromatic rings. The first kappa shape index (κ1) is 25.1. The van der Waals surface area contributed by atoms with Crippen molar-refractivity contribution in [1.82, 2.24) is 24.3 Å². The number of aryl methyl sites for hydroxylation is 2. The molecule has 0 saturated heterocycles. The van der Waals surface area contributed by atoms with Gasteiger partial charge >= 0.3 is 6.18 Å². The van der Waals surface area contributed by atoms with Gasteiger partial charge in [0, 0.05) is 66.8 Å². The molecule has 0 aliphatic carbocycles. The number of alkyl halides is 3. The summed E-state index contributed by atoms with van der Waals surface area (Å²) in [6.07, 6.45) is 5.33. The van der Waals surface area contributed by atoms with Gasteiger partial charge in [0.1, 0.15) is 0 Å². The number of amides is 1. The highest BCUT2D eigenvalue weighted by Gasteiger charge is 2.39. The molecule has 0 spiro atoms. The number of imidazole rings is 1. The van der Waals surface area contributed by atoms with Crippen molar-refractivity contribution in [3.8, 4) is 11.1 Å². The largest absolute Gasteiger partial charge is 0.435 e. The molecule has 0 radical (unpaired) electrons. The van der Waals surface area contributed by atoms with E-state index in [9.17, 15) is 18.0 Å². The van der Waals surface area contributed by atoms with E-state index in [1.807, 2.05) is 19.1 Å². The number of anilines is 1. The highest BCUT2D eigenvalue weighted by molar-refractivity contribution is 6.36. The molecular formula is C28H22ClF3N6O. The van der Waals surface area contributed by atoms with Gasteiger partial charge < -0.3 is 9.47 Å². The molecule has 0 N–H and O–H groups in total. The van der Waals surface area contributed by atoms with Crippen LogP contribution in [-0.2, 0) is 26.2 Å². The number of fused-ring (bicyclic) bond motifs is 2. The van der Waals surface area contributed by atoms with Gasteiger partial charge in [-0.05, 0) is 59.9 Å². The summed E-state index contributed by atoms with van der Waals surface area (Å²) in [5.41, 5.74) is 2.44. The summed E-state index contributed by atoms with van der Waals surface area (Å²) < 4.78 is 44.9. The average molecular weight is 551 g/mol. The number of carbonyl (C=O) groups is 1. The third-order valence-corrected chi connectivity index (χ3v) is 7.24. The smallest absolute Gasteiger partial charge is 0.333 e. The first-order chi connectivity index (χ1) is 18.6. The third-order valence-electron chi connectivity index (χ3n) is 6.92. The van der Waals surface area contributed by atoms with E-state index < -0.39 is 11.9 Å². The van der Waals surface area contributed by atoms with Crippen molar-refractivity contribution in [2.75, 3.05) is 11.4 Å². The van der Waals surface area contributed by atoms with E-state index in [1.54, 1.807) is 52.7 Å². The fraction of sp³-hybridized carbons (Fsp3) is 0.214. The number of pyridine rings is 1. The maximum absolute atomic E-state index is 14.1. The van der Waals surface area contributed by atoms with Gasteiger partial charge in [0.25, 0.3) is 5.91 Å². The Morgan fingerprint density at radius 2 is 1.82 bits per heavy atom. The molecule has 0 fully saturated rings. The Kier molecular flexibility index (Phi) is 5.95. The lowest BCUT2D eigenvalue weighted by Gasteiger charge is -2.31. The predicted octanol–water partition coefficient (Wildman–Crippen LogP) is 6.06. The van der Waals surface area contributed by atoms with Crippen LogP contribution in [0.2, 0.25) is 5.02 Å². The van der Waals surface area contributed by atoms with Crippen LogP contribution in [0.25, 0.3) is 21.9 Å². The molecule has 1 aliphatic rings. The van der Waals surface area contributed by atoms with E-state index in [4.69, 9.17) is 11.6 Å². The van der Waals surface area contributed by atoms with Crippen LogP contribution in [0.15, 0.2) is 61.6 Å². The number of halogens is 4. The van der Waals surface area contributed by atoms with Crippen LogP contribution in [0.1, 0.15) is 32.7 Å². The van der Waals surface area contributed by atoms with E-state index in [0.717, 1.165) is 21.0 Å². The monoisotopic (exact) mass is 550 g/mol. The minimum Gasteiger partial charge on any atom is -0.333 e. The van der Waals surface area contributed by atoms with Gasteiger partial charge in [0.05, 0.1) is 23.2 Å². The van der Waals surface area contributed by atoms with E-state index in [1.165, 1.54) is 13.2 Å². The fourth-order valence-corrected chi connectivity index (χ4v) is 5.60. The summed E-state index contributed by atoms with van der Waals surface area (Å²) in [5.74, 6) is -0.311. The fourth-order valence-electron chi connectivity index (χ4n) is 5.27. The lowest BCUT2D eigenvalue weighted by Crippen LogP contribution is -2.38. The lowest BCUT2D eigenvalue weighted by molar-refractivity contribution is -0.140. The van der Waals surface area contributed by atoms with Crippen molar-refractivity contribution < 1.29 is 18.0 Å². The van der Waals surface area contributed by atoms with Crippen molar-refractivity contribution in [3.05, 3.63) is 94.5 Å². The number of carbonyl (C=O) groups excluding carboxylic acids is 1. The summed E-state index contributed by atoms with van der Waals surface area (Å²) in [5, 5.41) is 5.74. The molecule has 0 atom stereocenters. The van der Waals surface area contributed by atoms with E-state index in [2.05, 4.69) is 15.1 Å². The van der Waals surface area contributed by atoms with Crippen molar-refractivity contribution in [3.63, 3.8) is 0 Å². The zero-order valence-electron chi connectivity index (χ0n) is 21.0. The van der Waals surface area contributed by atoms with Crippen LogP contribution in [0.4, 0.5) is 18.9 Å². The zero-order valence-corrected chi connectivity index (χ0v) is 21.8. The number of rotatable bonds is 4. The van der Waals surface area contributed by atoms with E-state index in [-0.39, 0.29) is 18.0 Å². The molecule has 198 valence electrons. The lowest BCUT2D eigenvalue weighted by atomic mass is 9.88. The van der Waals surface area contributed by atoms with Crippen molar-refractivity contribution in [2.24, 2.45) is 7.05 Å². The normalized spacial score (nSPS) is 13.8. The van der Waals surface area contributed by atoms with Gasteiger partial charge in [-0.3, -0.25) is 14.5 Å². The van der Waals surface area contributed by atoms with Gasteiger partial charge in [-0.1, -0.05) is 11.6 Å². The summed E-state index contributed by atoms with van der Waals surface area (Å²) in [6, 6.07) is 7.26. The van der Waals surface area contributed by atoms with Crippen molar-refractivity contribution >= 4 is 34.0 Å². The maximum Gasteiger partial charge on any atom is 0.435 e. The predicted molar refractivity (Wildman–Crippen MR) is 142 cm³/mol. The zero-order chi connectivity index (χ0) is 27.5. The van der Waals surface area contributed by atoms with Crippen molar-refractivity contribution in [2.45, 2.75) is 26.1 Å². The highest BCUT2D eigenvalue weighted by atomic mass is 35.5. The molecule has 0 unspecified atom stereocenters. The van der Waals surface area contributed by atoms with Crippen molar-refractivity contribution in [1.29, 1.82) is 0 Å². The molecule has 1 aliphatic heterocycles. The van der Waals surface area contributed by atoms with Gasteiger partial charge in [-0.15, -0.1) is 0 Å². The molecular weight excluding hydrogens is 529 g/mol. The Balaban J connectivity index is 1.53. The van der Waals surface area contributed by atoms with Crippen LogP contribution in [0.5, 0.6) is 0 Å².